The van der Waals surface area contributed by atoms with Gasteiger partial charge in [0.05, 0.1) is 21.3 Å². The molecule has 0 N–H and O–H groups in total. The SMILES string of the molecule is C=CCSc1nnc([C@H]2CCCN(Cc3ccc(OC)c(OC)c3OC)C2)n1C. The quantitative estimate of drug-likeness (QED) is 0.456. The zero-order chi connectivity index (χ0) is 20.8. The van der Waals surface area contributed by atoms with Crippen LogP contribution in [0.1, 0.15) is 30.1 Å². The fourth-order valence-corrected chi connectivity index (χ4v) is 4.53. The molecule has 0 radical (unpaired) electrons. The molecule has 1 fully saturated rings. The molecule has 1 aromatic carbocycles. The maximum atomic E-state index is 5.65. The summed E-state index contributed by atoms with van der Waals surface area (Å²) < 4.78 is 18.7. The molecule has 2 heterocycles. The number of hydrogen-bond donors (Lipinski definition) is 0. The first-order valence-corrected chi connectivity index (χ1v) is 10.7. The summed E-state index contributed by atoms with van der Waals surface area (Å²) in [5.41, 5.74) is 1.09. The molecule has 0 saturated carbocycles. The van der Waals surface area contributed by atoms with Gasteiger partial charge < -0.3 is 18.8 Å². The van der Waals surface area contributed by atoms with Crippen LogP contribution < -0.4 is 14.2 Å². The maximum absolute atomic E-state index is 5.65. The summed E-state index contributed by atoms with van der Waals surface area (Å²) in [4.78, 5) is 2.45. The van der Waals surface area contributed by atoms with Crippen LogP contribution in [-0.4, -0.2) is 59.8 Å². The maximum Gasteiger partial charge on any atom is 0.203 e. The largest absolute Gasteiger partial charge is 0.493 e. The lowest BCUT2D eigenvalue weighted by molar-refractivity contribution is 0.192. The summed E-state index contributed by atoms with van der Waals surface area (Å²) in [6, 6.07) is 3.99. The van der Waals surface area contributed by atoms with E-state index in [4.69, 9.17) is 14.2 Å². The van der Waals surface area contributed by atoms with Gasteiger partial charge in [-0.15, -0.1) is 16.8 Å². The van der Waals surface area contributed by atoms with E-state index in [-0.39, 0.29) is 0 Å². The van der Waals surface area contributed by atoms with Crippen LogP contribution in [0.2, 0.25) is 0 Å². The monoisotopic (exact) mass is 418 g/mol. The van der Waals surface area contributed by atoms with Crippen molar-refractivity contribution in [1.29, 1.82) is 0 Å². The number of aromatic nitrogens is 3. The van der Waals surface area contributed by atoms with E-state index in [1.165, 1.54) is 0 Å². The number of ether oxygens (including phenoxy) is 3. The Kier molecular flexibility index (Phi) is 7.44. The number of piperidine rings is 1. The van der Waals surface area contributed by atoms with Crippen molar-refractivity contribution in [1.82, 2.24) is 19.7 Å². The first-order valence-electron chi connectivity index (χ1n) is 9.76. The van der Waals surface area contributed by atoms with E-state index >= 15 is 0 Å². The van der Waals surface area contributed by atoms with E-state index in [9.17, 15) is 0 Å². The smallest absolute Gasteiger partial charge is 0.203 e. The Balaban J connectivity index is 1.75. The van der Waals surface area contributed by atoms with Gasteiger partial charge in [0.1, 0.15) is 5.82 Å². The second kappa shape index (κ2) is 10.0. The molecule has 1 aliphatic heterocycles. The Hall–Kier alpha value is -2.19. The van der Waals surface area contributed by atoms with Gasteiger partial charge in [0.25, 0.3) is 0 Å². The fourth-order valence-electron chi connectivity index (χ4n) is 3.88. The van der Waals surface area contributed by atoms with Crippen molar-refractivity contribution in [2.24, 2.45) is 7.05 Å². The molecule has 1 atom stereocenters. The summed E-state index contributed by atoms with van der Waals surface area (Å²) in [6.07, 6.45) is 4.14. The highest BCUT2D eigenvalue weighted by molar-refractivity contribution is 7.99. The second-order valence-electron chi connectivity index (χ2n) is 7.07. The van der Waals surface area contributed by atoms with Gasteiger partial charge in [-0.05, 0) is 25.5 Å². The summed E-state index contributed by atoms with van der Waals surface area (Å²) >= 11 is 1.66. The molecule has 0 unspecified atom stereocenters. The second-order valence-corrected chi connectivity index (χ2v) is 8.05. The third kappa shape index (κ3) is 4.70. The number of methoxy groups -OCH3 is 3. The van der Waals surface area contributed by atoms with Crippen molar-refractivity contribution in [2.45, 2.75) is 30.5 Å². The van der Waals surface area contributed by atoms with E-state index in [0.717, 1.165) is 60.5 Å². The number of nitrogens with zero attached hydrogens (tertiary/aromatic N) is 4. The van der Waals surface area contributed by atoms with Gasteiger partial charge in [-0.3, -0.25) is 4.90 Å². The first-order chi connectivity index (χ1) is 14.1. The summed E-state index contributed by atoms with van der Waals surface area (Å²) in [5, 5.41) is 9.80. The van der Waals surface area contributed by atoms with Crippen molar-refractivity contribution >= 4 is 11.8 Å². The van der Waals surface area contributed by atoms with Crippen molar-refractivity contribution in [3.05, 3.63) is 36.2 Å². The third-order valence-corrected chi connectivity index (χ3v) is 6.27. The van der Waals surface area contributed by atoms with E-state index < -0.39 is 0 Å². The lowest BCUT2D eigenvalue weighted by Crippen LogP contribution is -2.35. The summed E-state index contributed by atoms with van der Waals surface area (Å²) in [6.45, 7) is 6.55. The normalized spacial score (nSPS) is 17.2. The zero-order valence-corrected chi connectivity index (χ0v) is 18.5. The van der Waals surface area contributed by atoms with Gasteiger partial charge in [0.15, 0.2) is 16.7 Å². The van der Waals surface area contributed by atoms with Crippen LogP contribution in [0.3, 0.4) is 0 Å². The minimum atomic E-state index is 0.366. The van der Waals surface area contributed by atoms with E-state index in [1.807, 2.05) is 12.1 Å². The molecular formula is C21H30N4O3S. The molecule has 29 heavy (non-hydrogen) atoms. The number of hydrogen-bond acceptors (Lipinski definition) is 7. The number of rotatable bonds is 9. The molecule has 0 aliphatic carbocycles. The first kappa shape index (κ1) is 21.5. The van der Waals surface area contributed by atoms with Crippen molar-refractivity contribution < 1.29 is 14.2 Å². The van der Waals surface area contributed by atoms with Crippen LogP contribution in [0.15, 0.2) is 29.9 Å². The van der Waals surface area contributed by atoms with Gasteiger partial charge in [-0.2, -0.15) is 0 Å². The highest BCUT2D eigenvalue weighted by Gasteiger charge is 2.27. The molecule has 2 aromatic rings. The van der Waals surface area contributed by atoms with Gasteiger partial charge >= 0.3 is 0 Å². The molecule has 7 nitrogen and oxygen atoms in total. The molecule has 3 rings (SSSR count). The summed E-state index contributed by atoms with van der Waals surface area (Å²) in [5.74, 6) is 4.30. The molecular weight excluding hydrogens is 388 g/mol. The Morgan fingerprint density at radius 3 is 2.66 bits per heavy atom. The van der Waals surface area contributed by atoms with Crippen molar-refractivity contribution in [3.8, 4) is 17.2 Å². The fraction of sp³-hybridized carbons (Fsp3) is 0.524. The average Bonchev–Trinajstić information content (AvgIpc) is 3.12. The average molecular weight is 419 g/mol. The standard InChI is InChI=1S/C21H30N4O3S/c1-6-12-29-21-23-22-20(24(21)2)16-8-7-11-25(14-16)13-15-9-10-17(26-3)19(28-5)18(15)27-4/h6,9-10,16H,1,7-8,11-14H2,2-5H3/t16-/m0/s1. The molecule has 0 bridgehead atoms. The molecule has 1 aliphatic rings. The molecule has 0 spiro atoms. The van der Waals surface area contributed by atoms with Gasteiger partial charge in [-0.25, -0.2) is 0 Å². The number of thioether (sulfide) groups is 1. The lowest BCUT2D eigenvalue weighted by atomic mass is 9.96. The van der Waals surface area contributed by atoms with E-state index in [1.54, 1.807) is 33.1 Å². The van der Waals surface area contributed by atoms with Gasteiger partial charge in [0, 0.05) is 37.4 Å². The van der Waals surface area contributed by atoms with Crippen LogP contribution in [-0.2, 0) is 13.6 Å². The van der Waals surface area contributed by atoms with Crippen LogP contribution in [0, 0.1) is 0 Å². The van der Waals surface area contributed by atoms with Crippen LogP contribution in [0.5, 0.6) is 17.2 Å². The van der Waals surface area contributed by atoms with Crippen LogP contribution in [0.25, 0.3) is 0 Å². The van der Waals surface area contributed by atoms with Gasteiger partial charge in [-0.1, -0.05) is 23.9 Å². The van der Waals surface area contributed by atoms with E-state index in [0.29, 0.717) is 17.4 Å². The highest BCUT2D eigenvalue weighted by atomic mass is 32.2. The number of likely N-dealkylation sites (tertiary alicyclic amines) is 1. The Labute approximate surface area is 177 Å². The van der Waals surface area contributed by atoms with Crippen LogP contribution in [0.4, 0.5) is 0 Å². The van der Waals surface area contributed by atoms with Crippen LogP contribution >= 0.6 is 11.8 Å². The topological polar surface area (TPSA) is 61.6 Å². The molecule has 0 amide bonds. The predicted molar refractivity (Wildman–Crippen MR) is 115 cm³/mol. The highest BCUT2D eigenvalue weighted by Crippen LogP contribution is 2.40. The van der Waals surface area contributed by atoms with Crippen molar-refractivity contribution in [3.63, 3.8) is 0 Å². The molecule has 8 heteroatoms. The van der Waals surface area contributed by atoms with E-state index in [2.05, 4.69) is 39.4 Å². The molecule has 1 saturated heterocycles. The van der Waals surface area contributed by atoms with Crippen molar-refractivity contribution in [2.75, 3.05) is 40.2 Å². The zero-order valence-electron chi connectivity index (χ0n) is 17.7. The van der Waals surface area contributed by atoms with Gasteiger partial charge in [0.2, 0.25) is 5.75 Å². The Morgan fingerprint density at radius 1 is 1.17 bits per heavy atom. The predicted octanol–water partition coefficient (Wildman–Crippen LogP) is 3.50. The Bertz CT molecular complexity index is 840. The third-order valence-electron chi connectivity index (χ3n) is 5.25. The number of benzene rings is 1. The molecule has 158 valence electrons. The minimum absolute atomic E-state index is 0.366. The Morgan fingerprint density at radius 2 is 1.97 bits per heavy atom. The minimum Gasteiger partial charge on any atom is -0.493 e. The summed E-state index contributed by atoms with van der Waals surface area (Å²) in [7, 11) is 6.99. The lowest BCUT2D eigenvalue weighted by Gasteiger charge is -2.32. The molecule has 1 aromatic heterocycles.